The minimum atomic E-state index is -0.353. The van der Waals surface area contributed by atoms with E-state index in [1.807, 2.05) is 30.3 Å². The molecule has 0 bridgehead atoms. The number of hydrogen-bond donors (Lipinski definition) is 1. The first-order valence-corrected chi connectivity index (χ1v) is 6.44. The summed E-state index contributed by atoms with van der Waals surface area (Å²) in [6.45, 7) is 0.381. The van der Waals surface area contributed by atoms with Gasteiger partial charge in [0.25, 0.3) is 0 Å². The first-order chi connectivity index (χ1) is 9.66. The fourth-order valence-electron chi connectivity index (χ4n) is 1.91. The van der Waals surface area contributed by atoms with Gasteiger partial charge in [-0.05, 0) is 5.56 Å². The summed E-state index contributed by atoms with van der Waals surface area (Å²) >= 11 is 0. The van der Waals surface area contributed by atoms with Crippen LogP contribution < -0.4 is 5.48 Å². The highest BCUT2D eigenvalue weighted by molar-refractivity contribution is 6.02. The maximum absolute atomic E-state index is 11.5. The smallest absolute Gasteiger partial charge is 0.245 e. The number of nitrogens with zero attached hydrogens (tertiary/aromatic N) is 1. The lowest BCUT2D eigenvalue weighted by molar-refractivity contribution is -0.140. The molecular formula is C14H16N2O4. The zero-order chi connectivity index (χ0) is 14.4. The fourth-order valence-corrected chi connectivity index (χ4v) is 1.91. The maximum atomic E-state index is 11.5. The van der Waals surface area contributed by atoms with E-state index in [9.17, 15) is 14.4 Å². The molecule has 1 fully saturated rings. The molecule has 6 heteroatoms. The predicted molar refractivity (Wildman–Crippen MR) is 69.9 cm³/mol. The first-order valence-electron chi connectivity index (χ1n) is 6.44. The van der Waals surface area contributed by atoms with Crippen molar-refractivity contribution < 1.29 is 19.2 Å². The van der Waals surface area contributed by atoms with Crippen LogP contribution in [0.3, 0.4) is 0 Å². The molecule has 2 rings (SSSR count). The van der Waals surface area contributed by atoms with Crippen LogP contribution in [0.4, 0.5) is 0 Å². The quantitative estimate of drug-likeness (QED) is 0.615. The Labute approximate surface area is 116 Å². The minimum Gasteiger partial charge on any atom is -0.282 e. The largest absolute Gasteiger partial charge is 0.282 e. The van der Waals surface area contributed by atoms with E-state index in [2.05, 4.69) is 5.48 Å². The van der Waals surface area contributed by atoms with Crippen molar-refractivity contribution in [2.75, 3.05) is 6.54 Å². The van der Waals surface area contributed by atoms with Crippen LogP contribution in [0.25, 0.3) is 0 Å². The van der Waals surface area contributed by atoms with E-state index in [0.29, 0.717) is 0 Å². The van der Waals surface area contributed by atoms with Gasteiger partial charge in [0.05, 0.1) is 6.61 Å². The molecule has 1 heterocycles. The Morgan fingerprint density at radius 2 is 1.80 bits per heavy atom. The van der Waals surface area contributed by atoms with Crippen LogP contribution in [0.1, 0.15) is 24.8 Å². The van der Waals surface area contributed by atoms with E-state index in [4.69, 9.17) is 4.84 Å². The van der Waals surface area contributed by atoms with E-state index in [1.165, 1.54) is 0 Å². The molecule has 3 amide bonds. The number of likely N-dealkylation sites (tertiary alicyclic amines) is 1. The van der Waals surface area contributed by atoms with E-state index < -0.39 is 0 Å². The molecule has 0 spiro atoms. The van der Waals surface area contributed by atoms with Crippen LogP contribution >= 0.6 is 0 Å². The fraction of sp³-hybridized carbons (Fsp3) is 0.357. The number of rotatable bonds is 6. The molecule has 1 aromatic carbocycles. The maximum Gasteiger partial charge on any atom is 0.245 e. The average Bonchev–Trinajstić information content (AvgIpc) is 2.77. The van der Waals surface area contributed by atoms with Crippen LogP contribution in [-0.2, 0) is 25.8 Å². The molecule has 0 atom stereocenters. The molecule has 1 N–H and O–H groups in total. The lowest BCUT2D eigenvalue weighted by Gasteiger charge is -2.13. The van der Waals surface area contributed by atoms with Gasteiger partial charge in [-0.1, -0.05) is 30.3 Å². The summed E-state index contributed by atoms with van der Waals surface area (Å²) in [6, 6.07) is 9.42. The summed E-state index contributed by atoms with van der Waals surface area (Å²) in [5, 5.41) is 0. The second-order valence-corrected chi connectivity index (χ2v) is 4.49. The minimum absolute atomic E-state index is 0.0479. The second kappa shape index (κ2) is 6.81. The Bertz CT molecular complexity index is 485. The molecule has 0 aromatic heterocycles. The summed E-state index contributed by atoms with van der Waals surface area (Å²) in [5.41, 5.74) is 3.24. The SMILES string of the molecule is O=C(CCN1C(=O)CCC1=O)NOCc1ccccc1. The monoisotopic (exact) mass is 276 g/mol. The van der Waals surface area contributed by atoms with E-state index in [0.717, 1.165) is 10.5 Å². The Morgan fingerprint density at radius 1 is 1.15 bits per heavy atom. The number of benzene rings is 1. The van der Waals surface area contributed by atoms with Gasteiger partial charge < -0.3 is 0 Å². The van der Waals surface area contributed by atoms with Gasteiger partial charge in [-0.15, -0.1) is 0 Å². The Hall–Kier alpha value is -2.21. The van der Waals surface area contributed by atoms with Gasteiger partial charge in [0.1, 0.15) is 0 Å². The number of hydrogen-bond acceptors (Lipinski definition) is 4. The molecule has 1 saturated heterocycles. The van der Waals surface area contributed by atoms with Crippen LogP contribution in [-0.4, -0.2) is 29.2 Å². The van der Waals surface area contributed by atoms with E-state index >= 15 is 0 Å². The van der Waals surface area contributed by atoms with E-state index in [1.54, 1.807) is 0 Å². The second-order valence-electron chi connectivity index (χ2n) is 4.49. The molecule has 20 heavy (non-hydrogen) atoms. The highest BCUT2D eigenvalue weighted by Gasteiger charge is 2.28. The summed E-state index contributed by atoms with van der Waals surface area (Å²) in [7, 11) is 0. The Kier molecular flexibility index (Phi) is 4.84. The molecule has 1 aromatic rings. The van der Waals surface area contributed by atoms with Crippen molar-refractivity contribution in [3.05, 3.63) is 35.9 Å². The molecular weight excluding hydrogens is 260 g/mol. The van der Waals surface area contributed by atoms with Gasteiger partial charge >= 0.3 is 0 Å². The zero-order valence-electron chi connectivity index (χ0n) is 11.0. The lowest BCUT2D eigenvalue weighted by atomic mass is 10.2. The molecule has 1 aliphatic heterocycles. The van der Waals surface area contributed by atoms with Crippen LogP contribution in [0.2, 0.25) is 0 Å². The molecule has 0 unspecified atom stereocenters. The van der Waals surface area contributed by atoms with Crippen LogP contribution in [0, 0.1) is 0 Å². The summed E-state index contributed by atoms with van der Waals surface area (Å²) in [6.07, 6.45) is 0.530. The van der Waals surface area contributed by atoms with Crippen molar-refractivity contribution in [2.24, 2.45) is 0 Å². The summed E-state index contributed by atoms with van der Waals surface area (Å²) in [4.78, 5) is 40.4. The highest BCUT2D eigenvalue weighted by atomic mass is 16.6. The third-order valence-corrected chi connectivity index (χ3v) is 2.98. The van der Waals surface area contributed by atoms with Gasteiger partial charge in [-0.2, -0.15) is 0 Å². The molecule has 106 valence electrons. The van der Waals surface area contributed by atoms with Crippen molar-refractivity contribution in [1.82, 2.24) is 10.4 Å². The molecule has 0 aliphatic carbocycles. The van der Waals surface area contributed by atoms with Crippen molar-refractivity contribution in [3.8, 4) is 0 Å². The topological polar surface area (TPSA) is 75.7 Å². The van der Waals surface area contributed by atoms with Crippen molar-refractivity contribution in [2.45, 2.75) is 25.9 Å². The van der Waals surface area contributed by atoms with Gasteiger partial charge in [0.2, 0.25) is 17.7 Å². The third kappa shape index (κ3) is 3.89. The molecule has 1 aliphatic rings. The van der Waals surface area contributed by atoms with Crippen molar-refractivity contribution in [1.29, 1.82) is 0 Å². The summed E-state index contributed by atoms with van der Waals surface area (Å²) in [5.74, 6) is -0.783. The zero-order valence-corrected chi connectivity index (χ0v) is 11.0. The normalized spacial score (nSPS) is 14.7. The molecule has 6 nitrogen and oxygen atoms in total. The summed E-state index contributed by atoms with van der Waals surface area (Å²) < 4.78 is 0. The van der Waals surface area contributed by atoms with Gasteiger partial charge in [-0.25, -0.2) is 5.48 Å². The van der Waals surface area contributed by atoms with E-state index in [-0.39, 0.29) is 50.1 Å². The van der Waals surface area contributed by atoms with Gasteiger partial charge in [-0.3, -0.25) is 24.1 Å². The standard InChI is InChI=1S/C14H16N2O4/c17-12(8-9-16-13(18)6-7-14(16)19)15-20-10-11-4-2-1-3-5-11/h1-5H,6-10H2,(H,15,17). The van der Waals surface area contributed by atoms with Crippen LogP contribution in [0.5, 0.6) is 0 Å². The number of hydroxylamine groups is 1. The average molecular weight is 276 g/mol. The number of carbonyl (C=O) groups is 3. The number of nitrogens with one attached hydrogen (secondary N) is 1. The third-order valence-electron chi connectivity index (χ3n) is 2.98. The Balaban J connectivity index is 1.66. The Morgan fingerprint density at radius 3 is 2.45 bits per heavy atom. The highest BCUT2D eigenvalue weighted by Crippen LogP contribution is 2.11. The van der Waals surface area contributed by atoms with Crippen molar-refractivity contribution in [3.63, 3.8) is 0 Å². The van der Waals surface area contributed by atoms with Gasteiger partial charge in [0, 0.05) is 25.8 Å². The van der Waals surface area contributed by atoms with Crippen LogP contribution in [0.15, 0.2) is 30.3 Å². The van der Waals surface area contributed by atoms with Crippen molar-refractivity contribution >= 4 is 17.7 Å². The van der Waals surface area contributed by atoms with Gasteiger partial charge in [0.15, 0.2) is 0 Å². The number of carbonyl (C=O) groups excluding carboxylic acids is 3. The number of imide groups is 1. The lowest BCUT2D eigenvalue weighted by Crippen LogP contribution is -2.34. The molecule has 0 radical (unpaired) electrons. The number of amides is 3. The first kappa shape index (κ1) is 14.2. The predicted octanol–water partition coefficient (Wildman–Crippen LogP) is 0.773. The molecule has 0 saturated carbocycles.